The molecule has 0 N–H and O–H groups in total. The first kappa shape index (κ1) is 29.0. The molecule has 0 amide bonds. The van der Waals surface area contributed by atoms with Crippen molar-refractivity contribution in [3.05, 3.63) is 164 Å². The number of thiophene rings is 2. The number of rotatable bonds is 5. The molecule has 0 aliphatic rings. The maximum atomic E-state index is 5.22. The van der Waals surface area contributed by atoms with Gasteiger partial charge in [0, 0.05) is 57.0 Å². The summed E-state index contributed by atoms with van der Waals surface area (Å²) in [5, 5.41) is 5.00. The van der Waals surface area contributed by atoms with Gasteiger partial charge in [-0.15, -0.1) is 22.7 Å². The first-order valence-electron chi connectivity index (χ1n) is 16.6. The van der Waals surface area contributed by atoms with Gasteiger partial charge in [-0.05, 0) is 64.7 Å². The number of nitrogens with zero attached hydrogens (tertiary/aromatic N) is 3. The summed E-state index contributed by atoms with van der Waals surface area (Å²) in [6.45, 7) is 0. The van der Waals surface area contributed by atoms with E-state index in [-0.39, 0.29) is 0 Å². The summed E-state index contributed by atoms with van der Waals surface area (Å²) in [6.07, 6.45) is 0. The van der Waals surface area contributed by atoms with Crippen molar-refractivity contribution in [2.24, 2.45) is 0 Å². The van der Waals surface area contributed by atoms with Crippen LogP contribution in [0, 0.1) is 0 Å². The van der Waals surface area contributed by atoms with E-state index in [1.807, 2.05) is 11.3 Å². The van der Waals surface area contributed by atoms with E-state index < -0.39 is 0 Å². The van der Waals surface area contributed by atoms with E-state index >= 15 is 0 Å². The van der Waals surface area contributed by atoms with E-state index in [2.05, 4.69) is 164 Å². The maximum Gasteiger partial charge on any atom is 0.164 e. The molecule has 0 saturated carbocycles. The molecule has 0 bridgehead atoms. The normalized spacial score (nSPS) is 11.6. The van der Waals surface area contributed by atoms with Gasteiger partial charge < -0.3 is 0 Å². The lowest BCUT2D eigenvalue weighted by Gasteiger charge is -2.13. The average Bonchev–Trinajstić information content (AvgIpc) is 3.76. The average molecular weight is 674 g/mol. The van der Waals surface area contributed by atoms with Crippen molar-refractivity contribution in [2.75, 3.05) is 0 Å². The molecule has 3 aromatic heterocycles. The van der Waals surface area contributed by atoms with Crippen LogP contribution in [0.2, 0.25) is 0 Å². The van der Waals surface area contributed by atoms with Gasteiger partial charge >= 0.3 is 0 Å². The summed E-state index contributed by atoms with van der Waals surface area (Å²) in [6, 6.07) is 58.0. The molecule has 0 fully saturated rings. The Balaban J connectivity index is 1.17. The Bertz CT molecular complexity index is 2890. The van der Waals surface area contributed by atoms with Gasteiger partial charge in [0.2, 0.25) is 0 Å². The molecule has 10 aromatic rings. The van der Waals surface area contributed by atoms with Gasteiger partial charge in [0.1, 0.15) is 0 Å². The van der Waals surface area contributed by atoms with Crippen molar-refractivity contribution in [3.63, 3.8) is 0 Å². The number of hydrogen-bond donors (Lipinski definition) is 0. The topological polar surface area (TPSA) is 38.7 Å². The third-order valence-corrected chi connectivity index (χ3v) is 11.6. The standard InChI is InChI=1S/C45H27N3S2/c1-2-11-28(12-3-1)29-13-10-14-30(25-29)33-15-4-5-18-37(33)45-47-43(31-22-24-41-38(26-31)35-17-7-9-20-40(35)49-41)46-44(48-45)32-21-23-36-34-16-6-8-19-39(34)50-42(36)27-32/h1-27H. The Hall–Kier alpha value is -6.01. The van der Waals surface area contributed by atoms with Gasteiger partial charge in [0.15, 0.2) is 17.5 Å². The highest BCUT2D eigenvalue weighted by Gasteiger charge is 2.18. The fourth-order valence-electron chi connectivity index (χ4n) is 6.91. The van der Waals surface area contributed by atoms with Crippen LogP contribution >= 0.6 is 22.7 Å². The SMILES string of the molecule is c1ccc(-c2cccc(-c3ccccc3-c3nc(-c4ccc5c(c4)sc4ccccc45)nc(-c4ccc5sc6ccccc6c5c4)n3)c2)cc1. The Kier molecular flexibility index (Phi) is 6.86. The number of fused-ring (bicyclic) bond motifs is 6. The fourth-order valence-corrected chi connectivity index (χ4v) is 9.14. The lowest BCUT2D eigenvalue weighted by molar-refractivity contribution is 1.08. The number of aromatic nitrogens is 3. The predicted octanol–water partition coefficient (Wildman–Crippen LogP) is 12.9. The van der Waals surface area contributed by atoms with Gasteiger partial charge in [-0.1, -0.05) is 121 Å². The van der Waals surface area contributed by atoms with Crippen LogP contribution in [0.25, 0.3) is 96.8 Å². The van der Waals surface area contributed by atoms with E-state index in [1.54, 1.807) is 11.3 Å². The monoisotopic (exact) mass is 673 g/mol. The molecule has 10 rings (SSSR count). The summed E-state index contributed by atoms with van der Waals surface area (Å²) >= 11 is 3.62. The zero-order valence-electron chi connectivity index (χ0n) is 26.7. The van der Waals surface area contributed by atoms with Gasteiger partial charge in [-0.3, -0.25) is 0 Å². The minimum Gasteiger partial charge on any atom is -0.208 e. The molecule has 0 saturated heterocycles. The Labute approximate surface area is 296 Å². The molecular weight excluding hydrogens is 647 g/mol. The highest BCUT2D eigenvalue weighted by molar-refractivity contribution is 7.26. The maximum absolute atomic E-state index is 5.22. The van der Waals surface area contributed by atoms with Crippen LogP contribution in [0.5, 0.6) is 0 Å². The second-order valence-corrected chi connectivity index (χ2v) is 14.6. The van der Waals surface area contributed by atoms with Crippen molar-refractivity contribution in [1.82, 2.24) is 15.0 Å². The summed E-state index contributed by atoms with van der Waals surface area (Å²) in [7, 11) is 0. The zero-order chi connectivity index (χ0) is 33.0. The molecule has 0 radical (unpaired) electrons. The third kappa shape index (κ3) is 4.98. The van der Waals surface area contributed by atoms with Crippen molar-refractivity contribution >= 4 is 63.0 Å². The third-order valence-electron chi connectivity index (χ3n) is 9.36. The predicted molar refractivity (Wildman–Crippen MR) is 213 cm³/mol. The van der Waals surface area contributed by atoms with E-state index in [4.69, 9.17) is 15.0 Å². The molecule has 0 aliphatic carbocycles. The van der Waals surface area contributed by atoms with Gasteiger partial charge in [-0.2, -0.15) is 0 Å². The van der Waals surface area contributed by atoms with Crippen LogP contribution in [0.3, 0.4) is 0 Å². The minimum atomic E-state index is 0.650. The van der Waals surface area contributed by atoms with Crippen LogP contribution in [-0.2, 0) is 0 Å². The van der Waals surface area contributed by atoms with Crippen molar-refractivity contribution in [1.29, 1.82) is 0 Å². The Morgan fingerprint density at radius 3 is 1.62 bits per heavy atom. The minimum absolute atomic E-state index is 0.650. The van der Waals surface area contributed by atoms with Crippen molar-refractivity contribution in [3.8, 4) is 56.4 Å². The summed E-state index contributed by atoms with van der Waals surface area (Å²) in [5.41, 5.74) is 7.45. The van der Waals surface area contributed by atoms with Crippen LogP contribution in [0.15, 0.2) is 164 Å². The van der Waals surface area contributed by atoms with Crippen LogP contribution in [-0.4, -0.2) is 15.0 Å². The smallest absolute Gasteiger partial charge is 0.164 e. The van der Waals surface area contributed by atoms with Gasteiger partial charge in [0.25, 0.3) is 0 Å². The molecule has 50 heavy (non-hydrogen) atoms. The lowest BCUT2D eigenvalue weighted by Crippen LogP contribution is -2.01. The summed E-state index contributed by atoms with van der Waals surface area (Å²) < 4.78 is 5.03. The molecule has 0 aliphatic heterocycles. The molecule has 0 atom stereocenters. The van der Waals surface area contributed by atoms with Gasteiger partial charge in [0.05, 0.1) is 0 Å². The molecule has 234 valence electrons. The first-order valence-corrected chi connectivity index (χ1v) is 18.2. The molecular formula is C45H27N3S2. The number of hydrogen-bond acceptors (Lipinski definition) is 5. The lowest BCUT2D eigenvalue weighted by atomic mass is 9.95. The van der Waals surface area contributed by atoms with Crippen LogP contribution < -0.4 is 0 Å². The second kappa shape index (κ2) is 11.8. The molecule has 7 aromatic carbocycles. The van der Waals surface area contributed by atoms with E-state index in [0.29, 0.717) is 17.5 Å². The Morgan fingerprint density at radius 1 is 0.280 bits per heavy atom. The molecule has 3 nitrogen and oxygen atoms in total. The molecule has 0 spiro atoms. The quantitative estimate of drug-likeness (QED) is 0.182. The summed E-state index contributed by atoms with van der Waals surface area (Å²) in [5.74, 6) is 1.97. The summed E-state index contributed by atoms with van der Waals surface area (Å²) in [4.78, 5) is 15.6. The van der Waals surface area contributed by atoms with E-state index in [0.717, 1.165) is 27.8 Å². The highest BCUT2D eigenvalue weighted by atomic mass is 32.1. The second-order valence-electron chi connectivity index (χ2n) is 12.4. The fraction of sp³-hybridized carbons (Fsp3) is 0. The van der Waals surface area contributed by atoms with Crippen molar-refractivity contribution in [2.45, 2.75) is 0 Å². The first-order chi connectivity index (χ1) is 24.7. The highest BCUT2D eigenvalue weighted by Crippen LogP contribution is 2.39. The van der Waals surface area contributed by atoms with Crippen LogP contribution in [0.1, 0.15) is 0 Å². The molecule has 3 heterocycles. The van der Waals surface area contributed by atoms with Crippen LogP contribution in [0.4, 0.5) is 0 Å². The van der Waals surface area contributed by atoms with E-state index in [9.17, 15) is 0 Å². The zero-order valence-corrected chi connectivity index (χ0v) is 28.4. The largest absolute Gasteiger partial charge is 0.208 e. The van der Waals surface area contributed by atoms with E-state index in [1.165, 1.54) is 51.5 Å². The number of benzene rings is 7. The van der Waals surface area contributed by atoms with Crippen molar-refractivity contribution < 1.29 is 0 Å². The molecule has 5 heteroatoms. The van der Waals surface area contributed by atoms with Gasteiger partial charge in [-0.25, -0.2) is 15.0 Å². The Morgan fingerprint density at radius 2 is 0.820 bits per heavy atom. The molecule has 0 unspecified atom stereocenters.